The lowest BCUT2D eigenvalue weighted by Gasteiger charge is -2.12. The summed E-state index contributed by atoms with van der Waals surface area (Å²) in [6.07, 6.45) is 2.19. The zero-order chi connectivity index (χ0) is 25.7. The first kappa shape index (κ1) is 25.7. The molecule has 8 heteroatoms. The fourth-order valence-electron chi connectivity index (χ4n) is 4.16. The van der Waals surface area contributed by atoms with Crippen molar-refractivity contribution in [2.75, 3.05) is 7.11 Å². The molecule has 0 aliphatic rings. The number of nitriles is 1. The van der Waals surface area contributed by atoms with E-state index in [-0.39, 0.29) is 18.7 Å². The van der Waals surface area contributed by atoms with Crippen LogP contribution in [0.1, 0.15) is 44.9 Å². The van der Waals surface area contributed by atoms with E-state index in [0.29, 0.717) is 17.7 Å². The number of amides is 1. The molecule has 182 valence electrons. The number of aromatic nitrogens is 2. The third kappa shape index (κ3) is 5.58. The molecule has 2 aromatic heterocycles. The molecule has 1 N–H and O–H groups in total. The number of nitrogens with zero attached hydrogens (tertiary/aromatic N) is 4. The number of carbonyl (C=O) groups is 1. The molecule has 0 saturated heterocycles. The van der Waals surface area contributed by atoms with Gasteiger partial charge in [0.05, 0.1) is 6.61 Å². The molecule has 0 radical (unpaired) electrons. The summed E-state index contributed by atoms with van der Waals surface area (Å²) < 4.78 is 8.53. The number of hydrogen-bond donors (Lipinski definition) is 1. The van der Waals surface area contributed by atoms with Gasteiger partial charge in [-0.2, -0.15) is 10.4 Å². The highest BCUT2D eigenvalue weighted by Gasteiger charge is 2.15. The topological polar surface area (TPSA) is 101 Å². The molecule has 0 aliphatic heterocycles. The number of hydrazone groups is 1. The Morgan fingerprint density at radius 2 is 1.80 bits per heavy atom. The number of carbonyl (C=O) groups excluding carboxylic acids is 1. The van der Waals surface area contributed by atoms with Crippen LogP contribution < -0.4 is 11.0 Å². The van der Waals surface area contributed by atoms with Crippen LogP contribution in [0.2, 0.25) is 0 Å². The first-order chi connectivity index (χ1) is 16.7. The van der Waals surface area contributed by atoms with Crippen LogP contribution in [0.25, 0.3) is 5.69 Å². The van der Waals surface area contributed by atoms with Crippen LogP contribution in [0.5, 0.6) is 0 Å². The SMILES string of the molecule is COCc1cc(C)n(CC(=O)N/N=C\Cc2cc(C)n(-c3ccc(C)c(C)c3)c2C)c(=O)c1C#N. The van der Waals surface area contributed by atoms with Gasteiger partial charge in [-0.25, -0.2) is 5.43 Å². The molecule has 1 amide bonds. The van der Waals surface area contributed by atoms with E-state index in [4.69, 9.17) is 4.74 Å². The number of methoxy groups -OCH3 is 1. The molecule has 0 spiro atoms. The lowest BCUT2D eigenvalue weighted by molar-refractivity contribution is -0.121. The van der Waals surface area contributed by atoms with E-state index in [0.717, 1.165) is 22.6 Å². The molecule has 2 heterocycles. The van der Waals surface area contributed by atoms with Crippen molar-refractivity contribution in [1.29, 1.82) is 5.26 Å². The van der Waals surface area contributed by atoms with Crippen molar-refractivity contribution in [3.05, 3.63) is 85.6 Å². The molecule has 0 fully saturated rings. The first-order valence-electron chi connectivity index (χ1n) is 11.4. The zero-order valence-corrected chi connectivity index (χ0v) is 21.1. The van der Waals surface area contributed by atoms with Gasteiger partial charge in [0.15, 0.2) is 0 Å². The summed E-state index contributed by atoms with van der Waals surface area (Å²) in [5.74, 6) is -0.449. The molecule has 3 rings (SSSR count). The predicted molar refractivity (Wildman–Crippen MR) is 136 cm³/mol. The Bertz CT molecular complexity index is 1390. The molecule has 8 nitrogen and oxygen atoms in total. The Hall–Kier alpha value is -3.96. The van der Waals surface area contributed by atoms with Crippen molar-refractivity contribution < 1.29 is 9.53 Å². The minimum Gasteiger partial charge on any atom is -0.380 e. The number of ether oxygens (including phenoxy) is 1. The maximum absolute atomic E-state index is 12.7. The Morgan fingerprint density at radius 1 is 1.09 bits per heavy atom. The van der Waals surface area contributed by atoms with E-state index in [2.05, 4.69) is 67.1 Å². The summed E-state index contributed by atoms with van der Waals surface area (Å²) in [6.45, 7) is 9.97. The third-order valence-electron chi connectivity index (χ3n) is 6.18. The van der Waals surface area contributed by atoms with Gasteiger partial charge in [-0.3, -0.25) is 9.59 Å². The van der Waals surface area contributed by atoms with E-state index in [9.17, 15) is 14.9 Å². The highest BCUT2D eigenvalue weighted by Crippen LogP contribution is 2.22. The van der Waals surface area contributed by atoms with Crippen molar-refractivity contribution in [3.63, 3.8) is 0 Å². The molecule has 3 aromatic rings. The van der Waals surface area contributed by atoms with Gasteiger partial charge < -0.3 is 13.9 Å². The van der Waals surface area contributed by atoms with Crippen LogP contribution in [0, 0.1) is 45.9 Å². The van der Waals surface area contributed by atoms with Gasteiger partial charge in [0.25, 0.3) is 11.5 Å². The smallest absolute Gasteiger partial charge is 0.269 e. The fraction of sp³-hybridized carbons (Fsp3) is 0.333. The normalized spacial score (nSPS) is 11.1. The lowest BCUT2D eigenvalue weighted by Crippen LogP contribution is -2.33. The van der Waals surface area contributed by atoms with Crippen molar-refractivity contribution in [2.45, 2.75) is 54.2 Å². The number of hydrogen-bond acceptors (Lipinski definition) is 5. The standard InChI is InChI=1S/C27H31N5O3/c1-17-7-8-24(11-18(17)2)32-20(4)13-22(21(32)5)9-10-29-30-26(33)15-31-19(3)12-23(16-35-6)25(14-28)27(31)34/h7-8,10-13H,9,15-16H2,1-6H3,(H,30,33)/b29-10-. The second-order valence-electron chi connectivity index (χ2n) is 8.67. The Labute approximate surface area is 205 Å². The molecular formula is C27H31N5O3. The van der Waals surface area contributed by atoms with Crippen molar-refractivity contribution in [2.24, 2.45) is 5.10 Å². The van der Waals surface area contributed by atoms with Crippen molar-refractivity contribution in [1.82, 2.24) is 14.6 Å². The Morgan fingerprint density at radius 3 is 2.46 bits per heavy atom. The van der Waals surface area contributed by atoms with Crippen LogP contribution >= 0.6 is 0 Å². The highest BCUT2D eigenvalue weighted by atomic mass is 16.5. The van der Waals surface area contributed by atoms with Gasteiger partial charge in [0.2, 0.25) is 0 Å². The molecule has 0 saturated carbocycles. The second kappa shape index (κ2) is 11.0. The summed E-state index contributed by atoms with van der Waals surface area (Å²) in [6, 6.07) is 12.1. The average Bonchev–Trinajstić information content (AvgIpc) is 3.09. The Balaban J connectivity index is 1.68. The van der Waals surface area contributed by atoms with Gasteiger partial charge >= 0.3 is 0 Å². The number of aryl methyl sites for hydroxylation is 4. The summed E-state index contributed by atoms with van der Waals surface area (Å²) >= 11 is 0. The average molecular weight is 474 g/mol. The number of pyridine rings is 1. The maximum atomic E-state index is 12.7. The van der Waals surface area contributed by atoms with Crippen LogP contribution in [0.4, 0.5) is 0 Å². The van der Waals surface area contributed by atoms with E-state index < -0.39 is 11.5 Å². The molecule has 0 bridgehead atoms. The molecule has 0 aliphatic carbocycles. The maximum Gasteiger partial charge on any atom is 0.269 e. The van der Waals surface area contributed by atoms with Crippen LogP contribution in [-0.2, 0) is 29.1 Å². The van der Waals surface area contributed by atoms with Crippen LogP contribution in [-0.4, -0.2) is 28.4 Å². The monoisotopic (exact) mass is 473 g/mol. The molecular weight excluding hydrogens is 442 g/mol. The minimum absolute atomic E-state index is 0.0205. The van der Waals surface area contributed by atoms with E-state index in [1.165, 1.54) is 22.8 Å². The predicted octanol–water partition coefficient (Wildman–Crippen LogP) is 3.54. The largest absolute Gasteiger partial charge is 0.380 e. The van der Waals surface area contributed by atoms with Crippen LogP contribution in [0.3, 0.4) is 0 Å². The molecule has 35 heavy (non-hydrogen) atoms. The van der Waals surface area contributed by atoms with E-state index >= 15 is 0 Å². The van der Waals surface area contributed by atoms with Gasteiger partial charge in [0, 0.05) is 48.1 Å². The first-order valence-corrected chi connectivity index (χ1v) is 11.4. The summed E-state index contributed by atoms with van der Waals surface area (Å²) in [5.41, 5.74) is 9.98. The third-order valence-corrected chi connectivity index (χ3v) is 6.18. The number of nitrogens with one attached hydrogen (secondary N) is 1. The fourth-order valence-corrected chi connectivity index (χ4v) is 4.16. The molecule has 0 unspecified atom stereocenters. The second-order valence-corrected chi connectivity index (χ2v) is 8.67. The summed E-state index contributed by atoms with van der Waals surface area (Å²) in [7, 11) is 1.49. The quantitative estimate of drug-likeness (QED) is 0.399. The minimum atomic E-state index is -0.516. The van der Waals surface area contributed by atoms with Gasteiger partial charge in [-0.15, -0.1) is 0 Å². The van der Waals surface area contributed by atoms with Gasteiger partial charge in [-0.05, 0) is 75.6 Å². The molecule has 1 aromatic carbocycles. The van der Waals surface area contributed by atoms with E-state index in [1.54, 1.807) is 19.2 Å². The number of benzene rings is 1. The van der Waals surface area contributed by atoms with Crippen molar-refractivity contribution in [3.8, 4) is 11.8 Å². The summed E-state index contributed by atoms with van der Waals surface area (Å²) in [4.78, 5) is 25.1. The van der Waals surface area contributed by atoms with Gasteiger partial charge in [0.1, 0.15) is 18.2 Å². The van der Waals surface area contributed by atoms with Crippen molar-refractivity contribution >= 4 is 12.1 Å². The summed E-state index contributed by atoms with van der Waals surface area (Å²) in [5, 5.41) is 13.4. The highest BCUT2D eigenvalue weighted by molar-refractivity contribution is 5.77. The number of rotatable bonds is 8. The van der Waals surface area contributed by atoms with E-state index in [1.807, 2.05) is 6.07 Å². The Kier molecular flexibility index (Phi) is 8.05. The lowest BCUT2D eigenvalue weighted by atomic mass is 10.1. The molecule has 0 atom stereocenters. The van der Waals surface area contributed by atoms with Crippen LogP contribution in [0.15, 0.2) is 40.2 Å². The zero-order valence-electron chi connectivity index (χ0n) is 21.1. The van der Waals surface area contributed by atoms with Gasteiger partial charge in [-0.1, -0.05) is 6.07 Å².